The van der Waals surface area contributed by atoms with Crippen molar-refractivity contribution in [1.29, 1.82) is 0 Å². The fraction of sp³-hybridized carbons (Fsp3) is 0.583. The van der Waals surface area contributed by atoms with E-state index in [1.807, 2.05) is 39.8 Å². The number of aliphatic hydroxyl groups is 2. The fourth-order valence-electron chi connectivity index (χ4n) is 4.19. The highest BCUT2D eigenvalue weighted by Crippen LogP contribution is 2.34. The van der Waals surface area contributed by atoms with Crippen LogP contribution >= 0.6 is 0 Å². The maximum absolute atomic E-state index is 13.6. The number of hydrogen-bond donors (Lipinski definition) is 3. The largest absolute Gasteiger partial charge is 0.487 e. The first-order chi connectivity index (χ1) is 16.0. The molecule has 0 saturated carbocycles. The molecule has 1 aromatic carbocycles. The Hall–Kier alpha value is -2.98. The van der Waals surface area contributed by atoms with Gasteiger partial charge in [0.25, 0.3) is 0 Å². The van der Waals surface area contributed by atoms with Crippen LogP contribution < -0.4 is 10.1 Å². The van der Waals surface area contributed by atoms with E-state index in [1.165, 1.54) is 16.6 Å². The van der Waals surface area contributed by atoms with Crippen molar-refractivity contribution in [2.45, 2.75) is 71.4 Å². The smallest absolute Gasteiger partial charge is 0.248 e. The number of ether oxygens (including phenoxy) is 1. The minimum Gasteiger partial charge on any atom is -0.487 e. The predicted octanol–water partition coefficient (Wildman–Crippen LogP) is 1.60. The number of β-amino-alcohol motifs (C(OH)–C–C–N with tert-alkyl or cyclic N) is 1. The van der Waals surface area contributed by atoms with Crippen LogP contribution in [0.3, 0.4) is 0 Å². The molecule has 2 amide bonds. The molecule has 1 fully saturated rings. The number of hydrogen-bond acceptors (Lipinski definition) is 7. The quantitative estimate of drug-likeness (QED) is 0.531. The van der Waals surface area contributed by atoms with E-state index in [0.717, 1.165) is 5.56 Å². The van der Waals surface area contributed by atoms with E-state index in [9.17, 15) is 19.8 Å². The number of likely N-dealkylation sites (N-methyl/N-ethyl adjacent to an activating group) is 1. The van der Waals surface area contributed by atoms with Crippen molar-refractivity contribution in [1.82, 2.24) is 25.2 Å². The summed E-state index contributed by atoms with van der Waals surface area (Å²) in [7, 11) is 1.51. The number of aliphatic hydroxyl groups excluding tert-OH is 2. The van der Waals surface area contributed by atoms with Gasteiger partial charge in [0, 0.05) is 20.0 Å². The van der Waals surface area contributed by atoms with E-state index in [-0.39, 0.29) is 31.4 Å². The summed E-state index contributed by atoms with van der Waals surface area (Å²) in [6.45, 7) is 7.92. The molecular formula is C24H35N5O5. The van der Waals surface area contributed by atoms with Crippen LogP contribution in [0.25, 0.3) is 0 Å². The molecule has 10 heteroatoms. The predicted molar refractivity (Wildman–Crippen MR) is 125 cm³/mol. The summed E-state index contributed by atoms with van der Waals surface area (Å²) in [5, 5.41) is 31.0. The number of amides is 2. The van der Waals surface area contributed by atoms with Gasteiger partial charge in [-0.2, -0.15) is 0 Å². The molecule has 0 bridgehead atoms. The minimum absolute atomic E-state index is 0.0941. The summed E-state index contributed by atoms with van der Waals surface area (Å²) >= 11 is 0. The molecule has 3 N–H and O–H groups in total. The van der Waals surface area contributed by atoms with Gasteiger partial charge in [-0.1, -0.05) is 45.0 Å². The van der Waals surface area contributed by atoms with Gasteiger partial charge in [0.05, 0.1) is 18.4 Å². The zero-order chi connectivity index (χ0) is 25.0. The first kappa shape index (κ1) is 25.6. The van der Waals surface area contributed by atoms with E-state index in [4.69, 9.17) is 4.74 Å². The second kappa shape index (κ2) is 10.5. The monoisotopic (exact) mass is 473 g/mol. The molecule has 2 aromatic rings. The Balaban J connectivity index is 1.74. The van der Waals surface area contributed by atoms with Crippen LogP contribution in [-0.2, 0) is 16.2 Å². The molecule has 186 valence electrons. The Bertz CT molecular complexity index is 984. The van der Waals surface area contributed by atoms with Crippen molar-refractivity contribution < 1.29 is 24.5 Å². The number of aromatic nitrogens is 3. The van der Waals surface area contributed by atoms with Gasteiger partial charge in [-0.3, -0.25) is 9.59 Å². The van der Waals surface area contributed by atoms with Crippen LogP contribution in [-0.4, -0.2) is 67.7 Å². The molecule has 4 atom stereocenters. The molecule has 3 rings (SSSR count). The van der Waals surface area contributed by atoms with E-state index < -0.39 is 29.7 Å². The van der Waals surface area contributed by atoms with E-state index >= 15 is 0 Å². The molecule has 0 aliphatic carbocycles. The number of rotatable bonds is 8. The Morgan fingerprint density at radius 2 is 1.94 bits per heavy atom. The molecule has 1 aliphatic rings. The second-order valence-corrected chi connectivity index (χ2v) is 9.75. The van der Waals surface area contributed by atoms with Crippen molar-refractivity contribution in [3.63, 3.8) is 0 Å². The highest BCUT2D eigenvalue weighted by Gasteiger charge is 2.45. The summed E-state index contributed by atoms with van der Waals surface area (Å²) in [6.07, 6.45) is 1.26. The second-order valence-electron chi connectivity index (χ2n) is 9.75. The number of nitrogens with zero attached hydrogens (tertiary/aromatic N) is 4. The van der Waals surface area contributed by atoms with Crippen molar-refractivity contribution >= 4 is 11.8 Å². The highest BCUT2D eigenvalue weighted by molar-refractivity contribution is 5.90. The van der Waals surface area contributed by atoms with Crippen molar-refractivity contribution in [3.8, 4) is 5.75 Å². The molecule has 10 nitrogen and oxygen atoms in total. The Morgan fingerprint density at radius 3 is 2.53 bits per heavy atom. The number of carbonyl (C=O) groups excluding carboxylic acids is 2. The Kier molecular flexibility index (Phi) is 7.93. The van der Waals surface area contributed by atoms with Gasteiger partial charge in [-0.25, -0.2) is 4.68 Å². The summed E-state index contributed by atoms with van der Waals surface area (Å²) in [5.74, 6) is 0.0346. The average Bonchev–Trinajstić information content (AvgIpc) is 3.42. The summed E-state index contributed by atoms with van der Waals surface area (Å²) < 4.78 is 7.31. The van der Waals surface area contributed by atoms with Gasteiger partial charge < -0.3 is 25.2 Å². The van der Waals surface area contributed by atoms with Crippen LogP contribution in [0.15, 0.2) is 30.5 Å². The fourth-order valence-corrected chi connectivity index (χ4v) is 4.19. The van der Waals surface area contributed by atoms with E-state index in [2.05, 4.69) is 15.6 Å². The average molecular weight is 474 g/mol. The molecule has 3 unspecified atom stereocenters. The Labute approximate surface area is 199 Å². The van der Waals surface area contributed by atoms with E-state index in [1.54, 1.807) is 18.3 Å². The standard InChI is InChI=1S/C24H35N5O5/c1-6-20(31)15-7-9-18(10-8-15)34-14-16-12-29(27-26-16)21(24(2,3)4)23(33)28-13-17(30)11-19(28)22(32)25-5/h7-10,12,17,19-21,30-31H,6,11,13-14H2,1-5H3,(H,25,32)/t17?,19?,20?,21-/m1/s1. The lowest BCUT2D eigenvalue weighted by Gasteiger charge is -2.34. The first-order valence-corrected chi connectivity index (χ1v) is 11.6. The molecule has 0 radical (unpaired) electrons. The van der Waals surface area contributed by atoms with Crippen molar-refractivity contribution in [2.24, 2.45) is 5.41 Å². The number of nitrogens with one attached hydrogen (secondary N) is 1. The Morgan fingerprint density at radius 1 is 1.26 bits per heavy atom. The normalized spacial score (nSPS) is 20.1. The van der Waals surface area contributed by atoms with Crippen LogP contribution in [0, 0.1) is 5.41 Å². The third-order valence-electron chi connectivity index (χ3n) is 6.03. The third-order valence-corrected chi connectivity index (χ3v) is 6.03. The van der Waals surface area contributed by atoms with Gasteiger partial charge >= 0.3 is 0 Å². The number of likely N-dealkylation sites (tertiary alicyclic amines) is 1. The van der Waals surface area contributed by atoms with Crippen molar-refractivity contribution in [2.75, 3.05) is 13.6 Å². The number of benzene rings is 1. The first-order valence-electron chi connectivity index (χ1n) is 11.6. The SMILES string of the molecule is CCC(O)c1ccc(OCc2cn([C@H](C(=O)N3CC(O)CC3C(=O)NC)C(C)(C)C)nn2)cc1. The van der Waals surface area contributed by atoms with Crippen molar-refractivity contribution in [3.05, 3.63) is 41.7 Å². The molecule has 1 aromatic heterocycles. The third kappa shape index (κ3) is 5.74. The molecule has 2 heterocycles. The van der Waals surface area contributed by atoms with Gasteiger partial charge in [-0.15, -0.1) is 5.10 Å². The lowest BCUT2D eigenvalue weighted by Crippen LogP contribution is -2.49. The molecule has 0 spiro atoms. The van der Waals surface area contributed by atoms with Crippen LogP contribution in [0.2, 0.25) is 0 Å². The zero-order valence-corrected chi connectivity index (χ0v) is 20.4. The van der Waals surface area contributed by atoms with Gasteiger partial charge in [-0.05, 0) is 29.5 Å². The van der Waals surface area contributed by atoms with Gasteiger partial charge in [0.15, 0.2) is 0 Å². The molecule has 34 heavy (non-hydrogen) atoms. The summed E-state index contributed by atoms with van der Waals surface area (Å²) in [6, 6.07) is 5.78. The highest BCUT2D eigenvalue weighted by atomic mass is 16.5. The number of carbonyl (C=O) groups is 2. The lowest BCUT2D eigenvalue weighted by atomic mass is 9.85. The topological polar surface area (TPSA) is 130 Å². The zero-order valence-electron chi connectivity index (χ0n) is 20.4. The van der Waals surface area contributed by atoms with Gasteiger partial charge in [0.2, 0.25) is 11.8 Å². The minimum atomic E-state index is -0.753. The molecular weight excluding hydrogens is 438 g/mol. The molecule has 1 saturated heterocycles. The summed E-state index contributed by atoms with van der Waals surface area (Å²) in [4.78, 5) is 27.3. The van der Waals surface area contributed by atoms with Crippen LogP contribution in [0.1, 0.15) is 63.9 Å². The van der Waals surface area contributed by atoms with E-state index in [0.29, 0.717) is 17.9 Å². The summed E-state index contributed by atoms with van der Waals surface area (Å²) in [5.41, 5.74) is 0.845. The maximum atomic E-state index is 13.6. The lowest BCUT2D eigenvalue weighted by molar-refractivity contribution is -0.144. The maximum Gasteiger partial charge on any atom is 0.248 e. The van der Waals surface area contributed by atoms with Crippen LogP contribution in [0.4, 0.5) is 0 Å². The molecule has 1 aliphatic heterocycles. The van der Waals surface area contributed by atoms with Gasteiger partial charge in [0.1, 0.15) is 30.1 Å². The van der Waals surface area contributed by atoms with Crippen LogP contribution in [0.5, 0.6) is 5.75 Å².